The molecule has 0 aromatic heterocycles. The van der Waals surface area contributed by atoms with E-state index in [0.29, 0.717) is 17.1 Å². The molecule has 1 saturated heterocycles. The number of rotatable bonds is 5. The van der Waals surface area contributed by atoms with Crippen molar-refractivity contribution in [2.75, 3.05) is 13.1 Å². The van der Waals surface area contributed by atoms with E-state index in [1.165, 1.54) is 23.8 Å². The molecule has 0 saturated carbocycles. The van der Waals surface area contributed by atoms with E-state index < -0.39 is 4.92 Å². The van der Waals surface area contributed by atoms with Crippen molar-refractivity contribution < 1.29 is 9.72 Å². The van der Waals surface area contributed by atoms with Gasteiger partial charge in [0, 0.05) is 48.9 Å². The van der Waals surface area contributed by atoms with Gasteiger partial charge in [-0.25, -0.2) is 0 Å². The summed E-state index contributed by atoms with van der Waals surface area (Å²) in [6.07, 6.45) is 3.05. The molecule has 0 aliphatic carbocycles. The van der Waals surface area contributed by atoms with Crippen LogP contribution in [0.5, 0.6) is 0 Å². The Hall–Kier alpha value is -2.41. The maximum absolute atomic E-state index is 12.8. The van der Waals surface area contributed by atoms with Gasteiger partial charge in [0.25, 0.3) is 5.69 Å². The third-order valence-corrected chi connectivity index (χ3v) is 5.85. The maximum atomic E-state index is 12.8. The van der Waals surface area contributed by atoms with Crippen molar-refractivity contribution in [2.24, 2.45) is 0 Å². The van der Waals surface area contributed by atoms with E-state index >= 15 is 0 Å². The number of carbonyl (C=O) groups excluding carboxylic acids is 1. The summed E-state index contributed by atoms with van der Waals surface area (Å²) in [7, 11) is 0. The zero-order valence-corrected chi connectivity index (χ0v) is 18.3. The van der Waals surface area contributed by atoms with Gasteiger partial charge in [0.2, 0.25) is 5.91 Å². The van der Waals surface area contributed by atoms with Crippen LogP contribution in [0.2, 0.25) is 10.0 Å². The van der Waals surface area contributed by atoms with Crippen molar-refractivity contribution in [1.82, 2.24) is 9.80 Å². The Bertz CT molecular complexity index is 963. The molecule has 3 rings (SSSR count). The SMILES string of the molecule is CC1CN(C(=O)/C=C/c2ccc(Cl)c([N+](=O)[O-])c2)C(C)CN1Cc1ccc(Cl)cc1. The summed E-state index contributed by atoms with van der Waals surface area (Å²) in [6, 6.07) is 12.5. The molecule has 30 heavy (non-hydrogen) atoms. The highest BCUT2D eigenvalue weighted by atomic mass is 35.5. The number of piperazine rings is 1. The van der Waals surface area contributed by atoms with E-state index in [4.69, 9.17) is 23.2 Å². The molecule has 1 aliphatic rings. The van der Waals surface area contributed by atoms with Crippen molar-refractivity contribution in [2.45, 2.75) is 32.5 Å². The fourth-order valence-electron chi connectivity index (χ4n) is 3.59. The van der Waals surface area contributed by atoms with E-state index in [9.17, 15) is 14.9 Å². The predicted molar refractivity (Wildman–Crippen MR) is 120 cm³/mol. The lowest BCUT2D eigenvalue weighted by Gasteiger charge is -2.44. The summed E-state index contributed by atoms with van der Waals surface area (Å²) >= 11 is 11.8. The molecule has 0 bridgehead atoms. The lowest BCUT2D eigenvalue weighted by molar-refractivity contribution is -0.384. The molecule has 2 aromatic carbocycles. The summed E-state index contributed by atoms with van der Waals surface area (Å²) in [6.45, 7) is 6.30. The monoisotopic (exact) mass is 447 g/mol. The molecule has 1 heterocycles. The Morgan fingerprint density at radius 3 is 2.50 bits per heavy atom. The third-order valence-electron chi connectivity index (χ3n) is 5.28. The smallest absolute Gasteiger partial charge is 0.288 e. The summed E-state index contributed by atoms with van der Waals surface area (Å²) < 4.78 is 0. The number of hydrogen-bond donors (Lipinski definition) is 0. The van der Waals surface area contributed by atoms with Crippen LogP contribution in [0.4, 0.5) is 5.69 Å². The molecule has 6 nitrogen and oxygen atoms in total. The largest absolute Gasteiger partial charge is 0.334 e. The van der Waals surface area contributed by atoms with Gasteiger partial charge in [-0.3, -0.25) is 19.8 Å². The van der Waals surface area contributed by atoms with Crippen LogP contribution < -0.4 is 0 Å². The van der Waals surface area contributed by atoms with Crippen molar-refractivity contribution in [3.63, 3.8) is 0 Å². The summed E-state index contributed by atoms with van der Waals surface area (Å²) in [5.41, 5.74) is 1.56. The van der Waals surface area contributed by atoms with Gasteiger partial charge in [0.05, 0.1) is 4.92 Å². The fraction of sp³-hybridized carbons (Fsp3) is 0.318. The lowest BCUT2D eigenvalue weighted by atomic mass is 10.1. The van der Waals surface area contributed by atoms with Crippen molar-refractivity contribution in [3.8, 4) is 0 Å². The Morgan fingerprint density at radius 1 is 1.13 bits per heavy atom. The second-order valence-corrected chi connectivity index (χ2v) is 8.39. The molecule has 2 atom stereocenters. The Morgan fingerprint density at radius 2 is 1.83 bits per heavy atom. The number of nitro groups is 1. The zero-order valence-electron chi connectivity index (χ0n) is 16.8. The van der Waals surface area contributed by atoms with Gasteiger partial charge in [-0.2, -0.15) is 0 Å². The second-order valence-electron chi connectivity index (χ2n) is 7.55. The van der Waals surface area contributed by atoms with Gasteiger partial charge in [-0.15, -0.1) is 0 Å². The predicted octanol–water partition coefficient (Wildman–Crippen LogP) is 5.04. The van der Waals surface area contributed by atoms with Crippen molar-refractivity contribution in [3.05, 3.63) is 79.8 Å². The van der Waals surface area contributed by atoms with Gasteiger partial charge >= 0.3 is 0 Å². The van der Waals surface area contributed by atoms with Gasteiger partial charge in [-0.1, -0.05) is 41.4 Å². The van der Waals surface area contributed by atoms with E-state index in [1.54, 1.807) is 12.1 Å². The fourth-order valence-corrected chi connectivity index (χ4v) is 3.90. The number of amides is 1. The van der Waals surface area contributed by atoms with E-state index in [-0.39, 0.29) is 28.7 Å². The first-order valence-corrected chi connectivity index (χ1v) is 10.4. The Labute approximate surface area is 185 Å². The lowest BCUT2D eigenvalue weighted by Crippen LogP contribution is -2.57. The van der Waals surface area contributed by atoms with Gasteiger partial charge < -0.3 is 4.90 Å². The minimum atomic E-state index is -0.537. The van der Waals surface area contributed by atoms with Crippen LogP contribution in [-0.4, -0.2) is 45.8 Å². The zero-order chi connectivity index (χ0) is 21.8. The first-order chi connectivity index (χ1) is 14.2. The Kier molecular flexibility index (Phi) is 7.13. The quantitative estimate of drug-likeness (QED) is 0.365. The summed E-state index contributed by atoms with van der Waals surface area (Å²) in [5.74, 6) is -0.113. The van der Waals surface area contributed by atoms with Gasteiger partial charge in [0.1, 0.15) is 5.02 Å². The minimum Gasteiger partial charge on any atom is -0.334 e. The van der Waals surface area contributed by atoms with Crippen LogP contribution in [-0.2, 0) is 11.3 Å². The number of nitrogens with zero attached hydrogens (tertiary/aromatic N) is 3. The molecule has 0 radical (unpaired) electrons. The molecular formula is C22H23Cl2N3O3. The number of benzene rings is 2. The van der Waals surface area contributed by atoms with Crippen LogP contribution in [0, 0.1) is 10.1 Å². The molecule has 2 unspecified atom stereocenters. The highest BCUT2D eigenvalue weighted by molar-refractivity contribution is 6.32. The molecule has 0 N–H and O–H groups in total. The van der Waals surface area contributed by atoms with Crippen LogP contribution in [0.1, 0.15) is 25.0 Å². The van der Waals surface area contributed by atoms with Crippen molar-refractivity contribution in [1.29, 1.82) is 0 Å². The highest BCUT2D eigenvalue weighted by Crippen LogP contribution is 2.26. The molecule has 1 aliphatic heterocycles. The molecule has 1 amide bonds. The third kappa shape index (κ3) is 5.39. The van der Waals surface area contributed by atoms with E-state index in [0.717, 1.165) is 13.1 Å². The topological polar surface area (TPSA) is 66.7 Å². The first-order valence-electron chi connectivity index (χ1n) is 9.65. The van der Waals surface area contributed by atoms with E-state index in [1.807, 2.05) is 36.1 Å². The number of carbonyl (C=O) groups is 1. The van der Waals surface area contributed by atoms with Crippen LogP contribution in [0.15, 0.2) is 48.5 Å². The van der Waals surface area contributed by atoms with Crippen LogP contribution >= 0.6 is 23.2 Å². The minimum absolute atomic E-state index is 0.0465. The Balaban J connectivity index is 1.65. The van der Waals surface area contributed by atoms with E-state index in [2.05, 4.69) is 11.8 Å². The van der Waals surface area contributed by atoms with Crippen LogP contribution in [0.3, 0.4) is 0 Å². The summed E-state index contributed by atoms with van der Waals surface area (Å²) in [5, 5.41) is 11.8. The average Bonchev–Trinajstić information content (AvgIpc) is 2.71. The number of halogens is 2. The molecule has 158 valence electrons. The molecule has 8 heteroatoms. The standard InChI is InChI=1S/C22H23Cl2N3O3/c1-15-13-26(16(2)12-25(15)14-18-3-7-19(23)8-4-18)22(28)10-6-17-5-9-20(24)21(11-17)27(29)30/h3-11,15-16H,12-14H2,1-2H3/b10-6+. The van der Waals surface area contributed by atoms with Gasteiger partial charge in [-0.05, 0) is 49.2 Å². The normalized spacial score (nSPS) is 19.9. The highest BCUT2D eigenvalue weighted by Gasteiger charge is 2.31. The molecule has 2 aromatic rings. The number of nitro benzene ring substituents is 1. The summed E-state index contributed by atoms with van der Waals surface area (Å²) in [4.78, 5) is 27.4. The molecule has 1 fully saturated rings. The van der Waals surface area contributed by atoms with Crippen LogP contribution in [0.25, 0.3) is 6.08 Å². The second kappa shape index (κ2) is 9.60. The first kappa shape index (κ1) is 22.3. The number of hydrogen-bond acceptors (Lipinski definition) is 4. The molecular weight excluding hydrogens is 425 g/mol. The maximum Gasteiger partial charge on any atom is 0.288 e. The van der Waals surface area contributed by atoms with Crippen molar-refractivity contribution >= 4 is 40.9 Å². The molecule has 0 spiro atoms. The average molecular weight is 448 g/mol. The van der Waals surface area contributed by atoms with Gasteiger partial charge in [0.15, 0.2) is 0 Å².